The molecule has 0 fully saturated rings. The molecule has 0 bridgehead atoms. The SMILES string of the molecule is CCc1ccccc1Oc1cc(C#N)cc(C)n1. The second-order valence-electron chi connectivity index (χ2n) is 4.01. The van der Waals surface area contributed by atoms with Crippen molar-refractivity contribution >= 4 is 0 Å². The minimum absolute atomic E-state index is 0.465. The molecule has 0 unspecified atom stereocenters. The third-order valence-electron chi connectivity index (χ3n) is 2.63. The van der Waals surface area contributed by atoms with E-state index in [1.54, 1.807) is 12.1 Å². The number of nitrogens with zero attached hydrogens (tertiary/aromatic N) is 2. The Morgan fingerprint density at radius 2 is 2.06 bits per heavy atom. The number of pyridine rings is 1. The van der Waals surface area contributed by atoms with E-state index in [0.717, 1.165) is 23.4 Å². The molecule has 1 aromatic carbocycles. The fraction of sp³-hybridized carbons (Fsp3) is 0.200. The molecule has 0 radical (unpaired) electrons. The number of aryl methyl sites for hydroxylation is 2. The van der Waals surface area contributed by atoms with Crippen molar-refractivity contribution in [2.75, 3.05) is 0 Å². The van der Waals surface area contributed by atoms with Crippen molar-refractivity contribution in [3.05, 3.63) is 53.2 Å². The van der Waals surface area contributed by atoms with E-state index in [1.807, 2.05) is 31.2 Å². The second-order valence-corrected chi connectivity index (χ2v) is 4.01. The van der Waals surface area contributed by atoms with Gasteiger partial charge < -0.3 is 4.74 Å². The summed E-state index contributed by atoms with van der Waals surface area (Å²) in [5.41, 5.74) is 2.46. The van der Waals surface area contributed by atoms with E-state index < -0.39 is 0 Å². The number of benzene rings is 1. The van der Waals surface area contributed by atoms with Crippen molar-refractivity contribution in [3.8, 4) is 17.7 Å². The standard InChI is InChI=1S/C15H14N2O/c1-3-13-6-4-5-7-14(13)18-15-9-12(10-16)8-11(2)17-15/h4-9H,3H2,1-2H3. The normalized spacial score (nSPS) is 9.83. The summed E-state index contributed by atoms with van der Waals surface area (Å²) in [6.45, 7) is 3.92. The summed E-state index contributed by atoms with van der Waals surface area (Å²) >= 11 is 0. The first-order chi connectivity index (χ1) is 8.72. The summed E-state index contributed by atoms with van der Waals surface area (Å²) in [6, 6.07) is 13.3. The highest BCUT2D eigenvalue weighted by molar-refractivity contribution is 5.39. The molecule has 2 aromatic rings. The molecular formula is C15H14N2O. The summed E-state index contributed by atoms with van der Waals surface area (Å²) in [4.78, 5) is 4.28. The lowest BCUT2D eigenvalue weighted by molar-refractivity contribution is 0.456. The number of hydrogen-bond acceptors (Lipinski definition) is 3. The van der Waals surface area contributed by atoms with E-state index in [-0.39, 0.29) is 0 Å². The summed E-state index contributed by atoms with van der Waals surface area (Å²) in [5, 5.41) is 8.92. The maximum Gasteiger partial charge on any atom is 0.220 e. The predicted octanol–water partition coefficient (Wildman–Crippen LogP) is 3.62. The minimum atomic E-state index is 0.465. The van der Waals surface area contributed by atoms with E-state index >= 15 is 0 Å². The third kappa shape index (κ3) is 2.67. The molecule has 0 saturated heterocycles. The lowest BCUT2D eigenvalue weighted by atomic mass is 10.1. The van der Waals surface area contributed by atoms with Crippen LogP contribution in [0.3, 0.4) is 0 Å². The van der Waals surface area contributed by atoms with Gasteiger partial charge in [-0.05, 0) is 31.0 Å². The van der Waals surface area contributed by atoms with Gasteiger partial charge in [-0.3, -0.25) is 0 Å². The Morgan fingerprint density at radius 1 is 1.28 bits per heavy atom. The summed E-state index contributed by atoms with van der Waals surface area (Å²) in [7, 11) is 0. The van der Waals surface area contributed by atoms with Gasteiger partial charge in [-0.1, -0.05) is 25.1 Å². The van der Waals surface area contributed by atoms with Crippen molar-refractivity contribution < 1.29 is 4.74 Å². The maximum absolute atomic E-state index is 8.92. The Hall–Kier alpha value is -2.34. The predicted molar refractivity (Wildman–Crippen MR) is 69.6 cm³/mol. The van der Waals surface area contributed by atoms with Gasteiger partial charge in [-0.25, -0.2) is 4.98 Å². The van der Waals surface area contributed by atoms with Gasteiger partial charge in [0.25, 0.3) is 0 Å². The summed E-state index contributed by atoms with van der Waals surface area (Å²) in [5.74, 6) is 1.26. The zero-order chi connectivity index (χ0) is 13.0. The smallest absolute Gasteiger partial charge is 0.220 e. The van der Waals surface area contributed by atoms with Crippen LogP contribution < -0.4 is 4.74 Å². The van der Waals surface area contributed by atoms with Crippen molar-refractivity contribution in [2.24, 2.45) is 0 Å². The number of rotatable bonds is 3. The first-order valence-electron chi connectivity index (χ1n) is 5.87. The van der Waals surface area contributed by atoms with Crippen LogP contribution >= 0.6 is 0 Å². The lowest BCUT2D eigenvalue weighted by Gasteiger charge is -2.09. The molecule has 0 atom stereocenters. The molecule has 90 valence electrons. The number of aromatic nitrogens is 1. The highest BCUT2D eigenvalue weighted by Gasteiger charge is 2.05. The van der Waals surface area contributed by atoms with Gasteiger partial charge in [0.2, 0.25) is 5.88 Å². The molecule has 2 rings (SSSR count). The van der Waals surface area contributed by atoms with Crippen LogP contribution in [0.1, 0.15) is 23.7 Å². The molecule has 0 spiro atoms. The van der Waals surface area contributed by atoms with E-state index in [2.05, 4.69) is 18.0 Å². The Kier molecular flexibility index (Phi) is 3.59. The van der Waals surface area contributed by atoms with Crippen LogP contribution in [-0.4, -0.2) is 4.98 Å². The van der Waals surface area contributed by atoms with Crippen LogP contribution in [-0.2, 0) is 6.42 Å². The van der Waals surface area contributed by atoms with E-state index in [4.69, 9.17) is 10.00 Å². The molecule has 1 aromatic heterocycles. The average Bonchev–Trinajstić information content (AvgIpc) is 2.38. The van der Waals surface area contributed by atoms with Gasteiger partial charge in [0.1, 0.15) is 5.75 Å². The number of hydrogen-bond donors (Lipinski definition) is 0. The van der Waals surface area contributed by atoms with Crippen LogP contribution in [0.25, 0.3) is 0 Å². The maximum atomic E-state index is 8.92. The number of ether oxygens (including phenoxy) is 1. The van der Waals surface area contributed by atoms with Crippen LogP contribution in [0.4, 0.5) is 0 Å². The minimum Gasteiger partial charge on any atom is -0.439 e. The topological polar surface area (TPSA) is 45.9 Å². The van der Waals surface area contributed by atoms with Gasteiger partial charge >= 0.3 is 0 Å². The summed E-state index contributed by atoms with van der Waals surface area (Å²) in [6.07, 6.45) is 0.896. The molecule has 0 amide bonds. The molecule has 0 saturated carbocycles. The van der Waals surface area contributed by atoms with Gasteiger partial charge in [0, 0.05) is 11.8 Å². The Labute approximate surface area is 107 Å². The molecule has 1 heterocycles. The summed E-state index contributed by atoms with van der Waals surface area (Å²) < 4.78 is 5.76. The zero-order valence-corrected chi connectivity index (χ0v) is 10.5. The van der Waals surface area contributed by atoms with E-state index in [0.29, 0.717) is 11.4 Å². The number of para-hydroxylation sites is 1. The monoisotopic (exact) mass is 238 g/mol. The lowest BCUT2D eigenvalue weighted by Crippen LogP contribution is -1.94. The van der Waals surface area contributed by atoms with Crippen LogP contribution in [0.15, 0.2) is 36.4 Å². The molecule has 0 N–H and O–H groups in total. The second kappa shape index (κ2) is 5.33. The van der Waals surface area contributed by atoms with Crippen molar-refractivity contribution in [1.82, 2.24) is 4.98 Å². The van der Waals surface area contributed by atoms with E-state index in [1.165, 1.54) is 0 Å². The molecule has 3 nitrogen and oxygen atoms in total. The largest absolute Gasteiger partial charge is 0.439 e. The first-order valence-corrected chi connectivity index (χ1v) is 5.87. The highest BCUT2D eigenvalue weighted by atomic mass is 16.5. The third-order valence-corrected chi connectivity index (χ3v) is 2.63. The average molecular weight is 238 g/mol. The molecule has 0 aliphatic heterocycles. The van der Waals surface area contributed by atoms with Gasteiger partial charge in [0.05, 0.1) is 11.6 Å². The fourth-order valence-corrected chi connectivity index (χ4v) is 1.76. The van der Waals surface area contributed by atoms with Gasteiger partial charge in [0.15, 0.2) is 0 Å². The molecule has 18 heavy (non-hydrogen) atoms. The molecule has 0 aliphatic rings. The van der Waals surface area contributed by atoms with E-state index in [9.17, 15) is 0 Å². The van der Waals surface area contributed by atoms with Crippen LogP contribution in [0.5, 0.6) is 11.6 Å². The van der Waals surface area contributed by atoms with Gasteiger partial charge in [-0.2, -0.15) is 5.26 Å². The fourth-order valence-electron chi connectivity index (χ4n) is 1.76. The molecule has 0 aliphatic carbocycles. The molecule has 3 heteroatoms. The van der Waals surface area contributed by atoms with Crippen molar-refractivity contribution in [1.29, 1.82) is 5.26 Å². The zero-order valence-electron chi connectivity index (χ0n) is 10.5. The Balaban J connectivity index is 2.34. The molecular weight excluding hydrogens is 224 g/mol. The van der Waals surface area contributed by atoms with Crippen molar-refractivity contribution in [2.45, 2.75) is 20.3 Å². The quantitative estimate of drug-likeness (QED) is 0.820. The first kappa shape index (κ1) is 12.1. The van der Waals surface area contributed by atoms with Crippen molar-refractivity contribution in [3.63, 3.8) is 0 Å². The van der Waals surface area contributed by atoms with Crippen LogP contribution in [0.2, 0.25) is 0 Å². The Bertz CT molecular complexity index is 600. The van der Waals surface area contributed by atoms with Crippen LogP contribution in [0, 0.1) is 18.3 Å². The number of nitriles is 1. The Morgan fingerprint density at radius 3 is 2.78 bits per heavy atom. The highest BCUT2D eigenvalue weighted by Crippen LogP contribution is 2.25. The van der Waals surface area contributed by atoms with Gasteiger partial charge in [-0.15, -0.1) is 0 Å².